The number of amides is 1. The Kier molecular flexibility index (Phi) is 11.3. The number of nitrogens with one attached hydrogen (secondary N) is 1. The first kappa shape index (κ1) is 26.9. The number of nitrogens with zero attached hydrogens (tertiary/aromatic N) is 1. The molecule has 2 aromatic carbocycles. The molecule has 1 aromatic heterocycles. The first-order valence-corrected chi connectivity index (χ1v) is 13.6. The number of carbonyl (C=O) groups is 2. The van der Waals surface area contributed by atoms with Crippen molar-refractivity contribution in [1.82, 2.24) is 5.43 Å². The van der Waals surface area contributed by atoms with Crippen molar-refractivity contribution in [2.24, 2.45) is 5.10 Å². The highest BCUT2D eigenvalue weighted by molar-refractivity contribution is 7.21. The SMILES string of the molecule is CCCCCCCCCCCC(=O)N/N=C/c1cccc(OC(=O)c2sc3ccccc3c2Cl)c1. The molecule has 0 aliphatic heterocycles. The van der Waals surface area contributed by atoms with Crippen molar-refractivity contribution in [1.29, 1.82) is 0 Å². The Morgan fingerprint density at radius 1 is 0.971 bits per heavy atom. The topological polar surface area (TPSA) is 67.8 Å². The fraction of sp³-hybridized carbons (Fsp3) is 0.393. The van der Waals surface area contributed by atoms with Gasteiger partial charge in [0.25, 0.3) is 0 Å². The average molecular weight is 513 g/mol. The van der Waals surface area contributed by atoms with Crippen LogP contribution in [0, 0.1) is 0 Å². The molecule has 1 amide bonds. The fourth-order valence-electron chi connectivity index (χ4n) is 3.79. The third kappa shape index (κ3) is 8.79. The minimum atomic E-state index is -0.500. The summed E-state index contributed by atoms with van der Waals surface area (Å²) in [6.07, 6.45) is 13.0. The Morgan fingerprint density at radius 2 is 1.69 bits per heavy atom. The molecule has 0 saturated heterocycles. The van der Waals surface area contributed by atoms with Gasteiger partial charge < -0.3 is 4.74 Å². The van der Waals surface area contributed by atoms with E-state index in [0.717, 1.165) is 22.9 Å². The zero-order valence-electron chi connectivity index (χ0n) is 20.2. The molecular formula is C28H33ClN2O3S. The van der Waals surface area contributed by atoms with Crippen LogP contribution < -0.4 is 10.2 Å². The molecule has 0 radical (unpaired) electrons. The Hall–Kier alpha value is -2.70. The lowest BCUT2D eigenvalue weighted by atomic mass is 10.1. The lowest BCUT2D eigenvalue weighted by Gasteiger charge is -2.04. The highest BCUT2D eigenvalue weighted by Crippen LogP contribution is 2.35. The third-order valence-electron chi connectivity index (χ3n) is 5.70. The zero-order valence-corrected chi connectivity index (χ0v) is 21.8. The van der Waals surface area contributed by atoms with Crippen LogP contribution in [-0.2, 0) is 4.79 Å². The number of hydrogen-bond acceptors (Lipinski definition) is 5. The molecule has 186 valence electrons. The summed E-state index contributed by atoms with van der Waals surface area (Å²) in [6.45, 7) is 2.23. The second-order valence-electron chi connectivity index (χ2n) is 8.57. The van der Waals surface area contributed by atoms with Crippen molar-refractivity contribution >= 4 is 51.1 Å². The largest absolute Gasteiger partial charge is 0.422 e. The molecule has 3 aromatic rings. The van der Waals surface area contributed by atoms with Crippen molar-refractivity contribution in [3.05, 3.63) is 64.0 Å². The first-order chi connectivity index (χ1) is 17.1. The predicted molar refractivity (Wildman–Crippen MR) is 146 cm³/mol. The third-order valence-corrected chi connectivity index (χ3v) is 7.35. The number of esters is 1. The maximum absolute atomic E-state index is 12.7. The molecule has 0 bridgehead atoms. The van der Waals surface area contributed by atoms with E-state index in [1.807, 2.05) is 30.3 Å². The van der Waals surface area contributed by atoms with E-state index in [-0.39, 0.29) is 5.91 Å². The van der Waals surface area contributed by atoms with Crippen LogP contribution >= 0.6 is 22.9 Å². The molecule has 0 spiro atoms. The van der Waals surface area contributed by atoms with Gasteiger partial charge in [-0.15, -0.1) is 11.3 Å². The Labute approximate surface area is 216 Å². The van der Waals surface area contributed by atoms with E-state index in [9.17, 15) is 9.59 Å². The molecule has 1 N–H and O–H groups in total. The maximum atomic E-state index is 12.7. The molecule has 3 rings (SSSR count). The Bertz CT molecular complexity index is 1140. The normalized spacial score (nSPS) is 11.3. The number of hydrogen-bond donors (Lipinski definition) is 1. The summed E-state index contributed by atoms with van der Waals surface area (Å²) in [7, 11) is 0. The van der Waals surface area contributed by atoms with Crippen LogP contribution in [-0.4, -0.2) is 18.1 Å². The van der Waals surface area contributed by atoms with Gasteiger partial charge in [0.1, 0.15) is 10.6 Å². The van der Waals surface area contributed by atoms with Gasteiger partial charge in [0.05, 0.1) is 11.2 Å². The van der Waals surface area contributed by atoms with Crippen molar-refractivity contribution in [3.63, 3.8) is 0 Å². The first-order valence-electron chi connectivity index (χ1n) is 12.4. The summed E-state index contributed by atoms with van der Waals surface area (Å²) in [4.78, 5) is 25.0. The van der Waals surface area contributed by atoms with E-state index in [1.165, 1.54) is 62.5 Å². The summed E-state index contributed by atoms with van der Waals surface area (Å²) < 4.78 is 6.46. The molecule has 0 unspecified atom stereocenters. The summed E-state index contributed by atoms with van der Waals surface area (Å²) in [6, 6.07) is 14.6. The van der Waals surface area contributed by atoms with Crippen molar-refractivity contribution in [3.8, 4) is 5.75 Å². The Morgan fingerprint density at radius 3 is 2.43 bits per heavy atom. The second kappa shape index (κ2) is 14.6. The number of unbranched alkanes of at least 4 members (excludes halogenated alkanes) is 8. The fourth-order valence-corrected chi connectivity index (χ4v) is 5.17. The van der Waals surface area contributed by atoms with Gasteiger partial charge in [0, 0.05) is 16.5 Å². The minimum absolute atomic E-state index is 0.0915. The smallest absolute Gasteiger partial charge is 0.355 e. The molecule has 0 aliphatic rings. The van der Waals surface area contributed by atoms with Gasteiger partial charge >= 0.3 is 5.97 Å². The number of hydrazone groups is 1. The van der Waals surface area contributed by atoms with Crippen LogP contribution in [0.2, 0.25) is 5.02 Å². The van der Waals surface area contributed by atoms with Crippen LogP contribution in [0.15, 0.2) is 53.6 Å². The molecule has 0 atom stereocenters. The van der Waals surface area contributed by atoms with Crippen molar-refractivity contribution < 1.29 is 14.3 Å². The number of halogens is 1. The number of ether oxygens (including phenoxy) is 1. The molecule has 0 saturated carbocycles. The van der Waals surface area contributed by atoms with Crippen LogP contribution in [0.25, 0.3) is 10.1 Å². The molecule has 1 heterocycles. The van der Waals surface area contributed by atoms with Crippen LogP contribution in [0.1, 0.15) is 86.4 Å². The quantitative estimate of drug-likeness (QED) is 0.0778. The number of carbonyl (C=O) groups excluding carboxylic acids is 2. The number of benzene rings is 2. The lowest BCUT2D eigenvalue weighted by Crippen LogP contribution is -2.16. The number of rotatable bonds is 14. The average Bonchev–Trinajstić information content (AvgIpc) is 3.20. The highest BCUT2D eigenvalue weighted by Gasteiger charge is 2.19. The summed E-state index contributed by atoms with van der Waals surface area (Å²) in [5.41, 5.74) is 3.28. The van der Waals surface area contributed by atoms with E-state index in [2.05, 4.69) is 17.5 Å². The van der Waals surface area contributed by atoms with E-state index < -0.39 is 5.97 Å². The van der Waals surface area contributed by atoms with Gasteiger partial charge in [-0.05, 0) is 30.2 Å². The predicted octanol–water partition coefficient (Wildman–Crippen LogP) is 8.14. The summed E-state index contributed by atoms with van der Waals surface area (Å²) >= 11 is 7.69. The van der Waals surface area contributed by atoms with E-state index in [4.69, 9.17) is 16.3 Å². The van der Waals surface area contributed by atoms with Gasteiger partial charge in [0.2, 0.25) is 5.91 Å². The van der Waals surface area contributed by atoms with Crippen molar-refractivity contribution in [2.45, 2.75) is 71.1 Å². The minimum Gasteiger partial charge on any atom is -0.422 e. The van der Waals surface area contributed by atoms with Crippen LogP contribution in [0.5, 0.6) is 5.75 Å². The van der Waals surface area contributed by atoms with E-state index in [1.54, 1.807) is 18.2 Å². The van der Waals surface area contributed by atoms with E-state index >= 15 is 0 Å². The van der Waals surface area contributed by atoms with Gasteiger partial charge in [0.15, 0.2) is 0 Å². The lowest BCUT2D eigenvalue weighted by molar-refractivity contribution is -0.121. The summed E-state index contributed by atoms with van der Waals surface area (Å²) in [5, 5.41) is 5.28. The zero-order chi connectivity index (χ0) is 24.9. The Balaban J connectivity index is 1.40. The molecule has 0 fully saturated rings. The molecule has 7 heteroatoms. The number of fused-ring (bicyclic) bond motifs is 1. The maximum Gasteiger partial charge on any atom is 0.355 e. The van der Waals surface area contributed by atoms with Gasteiger partial charge in [-0.2, -0.15) is 5.10 Å². The van der Waals surface area contributed by atoms with Crippen LogP contribution in [0.4, 0.5) is 0 Å². The monoisotopic (exact) mass is 512 g/mol. The second-order valence-corrected chi connectivity index (χ2v) is 10.0. The van der Waals surface area contributed by atoms with Gasteiger partial charge in [-0.3, -0.25) is 4.79 Å². The van der Waals surface area contributed by atoms with E-state index in [0.29, 0.717) is 27.6 Å². The molecule has 35 heavy (non-hydrogen) atoms. The highest BCUT2D eigenvalue weighted by atomic mass is 35.5. The standard InChI is InChI=1S/C28H33ClN2O3S/c1-2-3-4-5-6-7-8-9-10-18-25(32)31-30-20-21-14-13-15-22(19-21)34-28(33)27-26(29)23-16-11-12-17-24(23)35-27/h11-17,19-20H,2-10,18H2,1H3,(H,31,32)/b30-20+. The molecule has 0 aliphatic carbocycles. The van der Waals surface area contributed by atoms with Gasteiger partial charge in [-0.1, -0.05) is 100 Å². The molecular weight excluding hydrogens is 480 g/mol. The summed E-state index contributed by atoms with van der Waals surface area (Å²) in [5.74, 6) is -0.209. The van der Waals surface area contributed by atoms with Gasteiger partial charge in [-0.25, -0.2) is 10.2 Å². The van der Waals surface area contributed by atoms with Crippen LogP contribution in [0.3, 0.4) is 0 Å². The molecule has 5 nitrogen and oxygen atoms in total. The number of thiophene rings is 1. The van der Waals surface area contributed by atoms with Crippen molar-refractivity contribution in [2.75, 3.05) is 0 Å².